The summed E-state index contributed by atoms with van der Waals surface area (Å²) in [4.78, 5) is 17.5. The molecule has 0 aliphatic carbocycles. The maximum atomic E-state index is 12.7. The van der Waals surface area contributed by atoms with Crippen molar-refractivity contribution in [1.29, 1.82) is 0 Å². The Morgan fingerprint density at radius 3 is 2.56 bits per heavy atom. The van der Waals surface area contributed by atoms with Crippen LogP contribution in [0.5, 0.6) is 5.75 Å². The minimum atomic E-state index is -0.227. The lowest BCUT2D eigenvalue weighted by molar-refractivity contribution is 0.0937. The van der Waals surface area contributed by atoms with Gasteiger partial charge in [-0.2, -0.15) is 0 Å². The van der Waals surface area contributed by atoms with Crippen molar-refractivity contribution in [3.05, 3.63) is 95.3 Å². The number of nitrogens with zero attached hydrogens (tertiary/aromatic N) is 2. The molecule has 1 amide bonds. The monoisotopic (exact) mass is 427 g/mol. The first kappa shape index (κ1) is 21.6. The molecule has 0 bridgehead atoms. The fraction of sp³-hybridized carbons (Fsp3) is 0.259. The molecule has 164 valence electrons. The van der Waals surface area contributed by atoms with E-state index in [9.17, 15) is 4.79 Å². The van der Waals surface area contributed by atoms with Gasteiger partial charge in [0.15, 0.2) is 0 Å². The molecule has 3 aromatic carbocycles. The van der Waals surface area contributed by atoms with E-state index < -0.39 is 0 Å². The van der Waals surface area contributed by atoms with Crippen LogP contribution in [0.3, 0.4) is 0 Å². The zero-order chi connectivity index (χ0) is 22.5. The number of fused-ring (bicyclic) bond motifs is 1. The Hall–Kier alpha value is -3.60. The normalized spacial score (nSPS) is 12.0. The highest BCUT2D eigenvalue weighted by molar-refractivity contribution is 5.94. The molecule has 0 saturated carbocycles. The number of carbonyl (C=O) groups is 1. The molecule has 0 spiro atoms. The number of rotatable bonds is 8. The van der Waals surface area contributed by atoms with Gasteiger partial charge in [-0.3, -0.25) is 4.79 Å². The third kappa shape index (κ3) is 4.67. The van der Waals surface area contributed by atoms with Crippen LogP contribution in [0.15, 0.2) is 72.8 Å². The minimum absolute atomic E-state index is 0.102. The van der Waals surface area contributed by atoms with Gasteiger partial charge in [0, 0.05) is 12.1 Å². The molecule has 1 N–H and O–H groups in total. The van der Waals surface area contributed by atoms with E-state index in [1.165, 1.54) is 11.1 Å². The minimum Gasteiger partial charge on any atom is -0.493 e. The highest BCUT2D eigenvalue weighted by atomic mass is 16.5. The van der Waals surface area contributed by atoms with Crippen LogP contribution >= 0.6 is 0 Å². The fourth-order valence-electron chi connectivity index (χ4n) is 3.88. The highest BCUT2D eigenvalue weighted by Crippen LogP contribution is 2.23. The largest absolute Gasteiger partial charge is 0.493 e. The SMILES string of the molecule is Cc1cccc(OCCCn2c(C(C)NC(=O)c3ccccc3)nc3ccccc32)c1C. The number of carbonyl (C=O) groups excluding carboxylic acids is 1. The standard InChI is InChI=1S/C27H29N3O2/c1-19-11-9-16-25(20(19)2)32-18-10-17-30-24-15-8-7-14-23(24)29-26(30)21(3)28-27(31)22-12-5-4-6-13-22/h4-9,11-16,21H,10,17-18H2,1-3H3,(H,28,31). The molecular weight excluding hydrogens is 398 g/mol. The number of para-hydroxylation sites is 2. The first-order valence-electron chi connectivity index (χ1n) is 11.0. The maximum absolute atomic E-state index is 12.7. The second kappa shape index (κ2) is 9.69. The second-order valence-corrected chi connectivity index (χ2v) is 8.07. The van der Waals surface area contributed by atoms with E-state index in [1.807, 2.05) is 67.6 Å². The van der Waals surface area contributed by atoms with E-state index in [4.69, 9.17) is 9.72 Å². The molecular formula is C27H29N3O2. The molecule has 4 aromatic rings. The van der Waals surface area contributed by atoms with E-state index in [0.717, 1.165) is 35.6 Å². The van der Waals surface area contributed by atoms with Crippen LogP contribution in [0, 0.1) is 13.8 Å². The maximum Gasteiger partial charge on any atom is 0.251 e. The summed E-state index contributed by atoms with van der Waals surface area (Å²) in [7, 11) is 0. The molecule has 1 aromatic heterocycles. The highest BCUT2D eigenvalue weighted by Gasteiger charge is 2.19. The van der Waals surface area contributed by atoms with Gasteiger partial charge in [-0.05, 0) is 68.7 Å². The quantitative estimate of drug-likeness (QED) is 0.372. The average molecular weight is 428 g/mol. The van der Waals surface area contributed by atoms with Crippen molar-refractivity contribution in [3.63, 3.8) is 0 Å². The predicted octanol–water partition coefficient (Wildman–Crippen LogP) is 5.61. The van der Waals surface area contributed by atoms with Crippen molar-refractivity contribution in [2.24, 2.45) is 0 Å². The van der Waals surface area contributed by atoms with Gasteiger partial charge in [-0.25, -0.2) is 4.98 Å². The Labute approximate surface area is 189 Å². The van der Waals surface area contributed by atoms with Crippen molar-refractivity contribution >= 4 is 16.9 Å². The fourth-order valence-corrected chi connectivity index (χ4v) is 3.88. The lowest BCUT2D eigenvalue weighted by atomic mass is 10.1. The van der Waals surface area contributed by atoms with Gasteiger partial charge in [-0.15, -0.1) is 0 Å². The molecule has 0 aliphatic rings. The Morgan fingerprint density at radius 2 is 1.75 bits per heavy atom. The molecule has 0 fully saturated rings. The molecule has 32 heavy (non-hydrogen) atoms. The molecule has 5 nitrogen and oxygen atoms in total. The van der Waals surface area contributed by atoms with Gasteiger partial charge in [0.1, 0.15) is 11.6 Å². The number of nitrogens with one attached hydrogen (secondary N) is 1. The third-order valence-electron chi connectivity index (χ3n) is 5.79. The lowest BCUT2D eigenvalue weighted by Crippen LogP contribution is -2.28. The van der Waals surface area contributed by atoms with E-state index in [0.29, 0.717) is 12.2 Å². The molecule has 0 aliphatic heterocycles. The van der Waals surface area contributed by atoms with Crippen molar-refractivity contribution in [1.82, 2.24) is 14.9 Å². The van der Waals surface area contributed by atoms with Crippen molar-refractivity contribution < 1.29 is 9.53 Å². The molecule has 0 saturated heterocycles. The first-order chi connectivity index (χ1) is 15.5. The van der Waals surface area contributed by atoms with Crippen LogP contribution in [-0.4, -0.2) is 22.1 Å². The summed E-state index contributed by atoms with van der Waals surface area (Å²) in [6.45, 7) is 7.53. The molecule has 1 unspecified atom stereocenters. The second-order valence-electron chi connectivity index (χ2n) is 8.07. The Balaban J connectivity index is 1.48. The van der Waals surface area contributed by atoms with Crippen LogP contribution in [0.4, 0.5) is 0 Å². The first-order valence-corrected chi connectivity index (χ1v) is 11.0. The summed E-state index contributed by atoms with van der Waals surface area (Å²) in [5.41, 5.74) is 5.05. The summed E-state index contributed by atoms with van der Waals surface area (Å²) in [6.07, 6.45) is 0.833. The average Bonchev–Trinajstić information content (AvgIpc) is 3.18. The number of ether oxygens (including phenoxy) is 1. The third-order valence-corrected chi connectivity index (χ3v) is 5.79. The van der Waals surface area contributed by atoms with E-state index in [2.05, 4.69) is 35.9 Å². The lowest BCUT2D eigenvalue weighted by Gasteiger charge is -2.17. The van der Waals surface area contributed by atoms with Gasteiger partial charge in [0.25, 0.3) is 5.91 Å². The summed E-state index contributed by atoms with van der Waals surface area (Å²) in [5.74, 6) is 1.68. The molecule has 0 radical (unpaired) electrons. The Kier molecular flexibility index (Phi) is 6.55. The van der Waals surface area contributed by atoms with Crippen LogP contribution in [0.2, 0.25) is 0 Å². The number of amides is 1. The number of hydrogen-bond donors (Lipinski definition) is 1. The number of benzene rings is 3. The van der Waals surface area contributed by atoms with Gasteiger partial charge in [0.05, 0.1) is 23.7 Å². The van der Waals surface area contributed by atoms with E-state index in [1.54, 1.807) is 0 Å². The summed E-state index contributed by atoms with van der Waals surface area (Å²) < 4.78 is 8.24. The summed E-state index contributed by atoms with van der Waals surface area (Å²) in [5, 5.41) is 3.09. The number of aryl methyl sites for hydroxylation is 2. The van der Waals surface area contributed by atoms with Gasteiger partial charge >= 0.3 is 0 Å². The van der Waals surface area contributed by atoms with Crippen LogP contribution in [-0.2, 0) is 6.54 Å². The van der Waals surface area contributed by atoms with E-state index in [-0.39, 0.29) is 11.9 Å². The number of aromatic nitrogens is 2. The zero-order valence-corrected chi connectivity index (χ0v) is 18.8. The van der Waals surface area contributed by atoms with Gasteiger partial charge in [-0.1, -0.05) is 42.5 Å². The molecule has 1 heterocycles. The Morgan fingerprint density at radius 1 is 1.00 bits per heavy atom. The summed E-state index contributed by atoms with van der Waals surface area (Å²) >= 11 is 0. The van der Waals surface area contributed by atoms with Crippen molar-refractivity contribution in [2.75, 3.05) is 6.61 Å². The van der Waals surface area contributed by atoms with Crippen LogP contribution in [0.25, 0.3) is 11.0 Å². The van der Waals surface area contributed by atoms with Crippen LogP contribution in [0.1, 0.15) is 46.7 Å². The summed E-state index contributed by atoms with van der Waals surface area (Å²) in [6, 6.07) is 23.3. The number of hydrogen-bond acceptors (Lipinski definition) is 3. The van der Waals surface area contributed by atoms with Crippen molar-refractivity contribution in [2.45, 2.75) is 39.8 Å². The Bertz CT molecular complexity index is 1210. The topological polar surface area (TPSA) is 56.1 Å². The van der Waals surface area contributed by atoms with Gasteiger partial charge < -0.3 is 14.6 Å². The molecule has 1 atom stereocenters. The molecule has 4 rings (SSSR count). The number of imidazole rings is 1. The van der Waals surface area contributed by atoms with E-state index >= 15 is 0 Å². The smallest absolute Gasteiger partial charge is 0.251 e. The van der Waals surface area contributed by atoms with Crippen molar-refractivity contribution in [3.8, 4) is 5.75 Å². The molecule has 5 heteroatoms. The van der Waals surface area contributed by atoms with Gasteiger partial charge in [0.2, 0.25) is 0 Å². The van der Waals surface area contributed by atoms with Crippen LogP contribution < -0.4 is 10.1 Å². The zero-order valence-electron chi connectivity index (χ0n) is 18.8. The predicted molar refractivity (Wildman–Crippen MR) is 128 cm³/mol.